The molecule has 0 spiro atoms. The van der Waals surface area contributed by atoms with Gasteiger partial charge in [-0.2, -0.15) is 0 Å². The summed E-state index contributed by atoms with van der Waals surface area (Å²) in [6, 6.07) is 7.91. The third-order valence-electron chi connectivity index (χ3n) is 4.25. The van der Waals surface area contributed by atoms with Gasteiger partial charge in [-0.05, 0) is 18.6 Å². The molecule has 1 aromatic carbocycles. The maximum absolute atomic E-state index is 12.1. The lowest BCUT2D eigenvalue weighted by Gasteiger charge is -2.36. The highest BCUT2D eigenvalue weighted by Gasteiger charge is 2.20. The average Bonchev–Trinajstić information content (AvgIpc) is 2.56. The number of nitrogens with one attached hydrogen (secondary N) is 1. The van der Waals surface area contributed by atoms with Crippen LogP contribution in [0, 0.1) is 0 Å². The van der Waals surface area contributed by atoms with Crippen LogP contribution >= 0.6 is 0 Å². The summed E-state index contributed by atoms with van der Waals surface area (Å²) in [7, 11) is 0. The molecule has 23 heavy (non-hydrogen) atoms. The Labute approximate surface area is 138 Å². The van der Waals surface area contributed by atoms with E-state index in [4.69, 9.17) is 0 Å². The lowest BCUT2D eigenvalue weighted by Crippen LogP contribution is -2.48. The standard InChI is InChI=1S/C18H27N3O2/c1-3-4-5-10-18(23)19-16-8-6-7-9-17(16)21-13-11-20(12-14-21)15(2)22/h6-9H,3-5,10-14H2,1-2H3,(H,19,23). The lowest BCUT2D eigenvalue weighted by atomic mass is 10.1. The van der Waals surface area contributed by atoms with Gasteiger partial charge < -0.3 is 15.1 Å². The van der Waals surface area contributed by atoms with E-state index < -0.39 is 0 Å². The molecule has 5 heteroatoms. The van der Waals surface area contributed by atoms with Crippen LogP contribution in [0.3, 0.4) is 0 Å². The molecule has 1 fully saturated rings. The fraction of sp³-hybridized carbons (Fsp3) is 0.556. The molecule has 1 saturated heterocycles. The summed E-state index contributed by atoms with van der Waals surface area (Å²) in [5, 5.41) is 3.04. The van der Waals surface area contributed by atoms with Crippen LogP contribution in [-0.2, 0) is 9.59 Å². The molecule has 0 saturated carbocycles. The van der Waals surface area contributed by atoms with Crippen molar-refractivity contribution in [2.45, 2.75) is 39.5 Å². The molecule has 1 aliphatic rings. The number of hydrogen-bond acceptors (Lipinski definition) is 3. The van der Waals surface area contributed by atoms with Gasteiger partial charge >= 0.3 is 0 Å². The van der Waals surface area contributed by atoms with Crippen LogP contribution in [0.5, 0.6) is 0 Å². The zero-order valence-electron chi connectivity index (χ0n) is 14.2. The number of piperazine rings is 1. The normalized spacial score (nSPS) is 14.7. The molecule has 5 nitrogen and oxygen atoms in total. The number of rotatable bonds is 6. The van der Waals surface area contributed by atoms with Crippen LogP contribution in [0.1, 0.15) is 39.5 Å². The number of para-hydroxylation sites is 2. The van der Waals surface area contributed by atoms with E-state index in [9.17, 15) is 9.59 Å². The monoisotopic (exact) mass is 317 g/mol. The van der Waals surface area contributed by atoms with Gasteiger partial charge in [0, 0.05) is 39.5 Å². The summed E-state index contributed by atoms with van der Waals surface area (Å²) in [5.41, 5.74) is 1.91. The van der Waals surface area contributed by atoms with Gasteiger partial charge in [0.05, 0.1) is 11.4 Å². The number of nitrogens with zero attached hydrogens (tertiary/aromatic N) is 2. The zero-order chi connectivity index (χ0) is 16.7. The first-order valence-electron chi connectivity index (χ1n) is 8.51. The second kappa shape index (κ2) is 8.56. The third kappa shape index (κ3) is 4.98. The van der Waals surface area contributed by atoms with Gasteiger partial charge in [-0.1, -0.05) is 31.9 Å². The minimum absolute atomic E-state index is 0.0771. The SMILES string of the molecule is CCCCCC(=O)Nc1ccccc1N1CCN(C(C)=O)CC1. The van der Waals surface area contributed by atoms with E-state index in [2.05, 4.69) is 17.1 Å². The van der Waals surface area contributed by atoms with E-state index in [1.165, 1.54) is 0 Å². The van der Waals surface area contributed by atoms with Gasteiger partial charge in [-0.15, -0.1) is 0 Å². The first kappa shape index (κ1) is 17.3. The number of amides is 2. The van der Waals surface area contributed by atoms with Crippen molar-refractivity contribution in [1.82, 2.24) is 4.90 Å². The van der Waals surface area contributed by atoms with Crippen molar-refractivity contribution in [3.05, 3.63) is 24.3 Å². The zero-order valence-corrected chi connectivity index (χ0v) is 14.2. The fourth-order valence-electron chi connectivity index (χ4n) is 2.87. The Morgan fingerprint density at radius 3 is 2.43 bits per heavy atom. The van der Waals surface area contributed by atoms with E-state index in [1.807, 2.05) is 29.2 Å². The Kier molecular flexibility index (Phi) is 6.44. The third-order valence-corrected chi connectivity index (χ3v) is 4.25. The summed E-state index contributed by atoms with van der Waals surface area (Å²) in [5.74, 6) is 0.204. The second-order valence-electron chi connectivity index (χ2n) is 6.02. The molecule has 126 valence electrons. The maximum Gasteiger partial charge on any atom is 0.224 e. The fourth-order valence-corrected chi connectivity index (χ4v) is 2.87. The van der Waals surface area contributed by atoms with Gasteiger partial charge in [0.2, 0.25) is 11.8 Å². The minimum atomic E-state index is 0.0771. The van der Waals surface area contributed by atoms with Gasteiger partial charge in [0.25, 0.3) is 0 Å². The summed E-state index contributed by atoms with van der Waals surface area (Å²) >= 11 is 0. The molecule has 1 N–H and O–H groups in total. The van der Waals surface area contributed by atoms with Crippen LogP contribution in [-0.4, -0.2) is 42.9 Å². The van der Waals surface area contributed by atoms with E-state index in [0.717, 1.165) is 56.8 Å². The molecule has 0 atom stereocenters. The lowest BCUT2D eigenvalue weighted by molar-refractivity contribution is -0.129. The largest absolute Gasteiger partial charge is 0.366 e. The molecule has 0 aromatic heterocycles. The number of carbonyl (C=O) groups excluding carboxylic acids is 2. The predicted octanol–water partition coefficient (Wildman–Crippen LogP) is 2.87. The maximum atomic E-state index is 12.1. The molecule has 1 heterocycles. The first-order valence-corrected chi connectivity index (χ1v) is 8.51. The molecular weight excluding hydrogens is 290 g/mol. The summed E-state index contributed by atoms with van der Waals surface area (Å²) in [6.45, 7) is 6.79. The highest BCUT2D eigenvalue weighted by atomic mass is 16.2. The van der Waals surface area contributed by atoms with Crippen LogP contribution in [0.2, 0.25) is 0 Å². The van der Waals surface area contributed by atoms with Crippen LogP contribution < -0.4 is 10.2 Å². The minimum Gasteiger partial charge on any atom is -0.366 e. The Morgan fingerprint density at radius 1 is 1.09 bits per heavy atom. The predicted molar refractivity (Wildman–Crippen MR) is 93.7 cm³/mol. The molecule has 0 aliphatic carbocycles. The van der Waals surface area contributed by atoms with Crippen molar-refractivity contribution in [3.8, 4) is 0 Å². The number of benzene rings is 1. The van der Waals surface area contributed by atoms with E-state index in [1.54, 1.807) is 6.92 Å². The molecule has 0 unspecified atom stereocenters. The van der Waals surface area contributed by atoms with Crippen molar-refractivity contribution in [2.24, 2.45) is 0 Å². The molecule has 0 bridgehead atoms. The first-order chi connectivity index (χ1) is 11.1. The van der Waals surface area contributed by atoms with Crippen LogP contribution in [0.4, 0.5) is 11.4 Å². The quantitative estimate of drug-likeness (QED) is 0.821. The summed E-state index contributed by atoms with van der Waals surface area (Å²) in [4.78, 5) is 27.6. The van der Waals surface area contributed by atoms with Gasteiger partial charge in [0.15, 0.2) is 0 Å². The highest BCUT2D eigenvalue weighted by Crippen LogP contribution is 2.27. The number of carbonyl (C=O) groups is 2. The van der Waals surface area contributed by atoms with Crippen LogP contribution in [0.15, 0.2) is 24.3 Å². The summed E-state index contributed by atoms with van der Waals surface area (Å²) < 4.78 is 0. The van der Waals surface area contributed by atoms with Crippen molar-refractivity contribution < 1.29 is 9.59 Å². The van der Waals surface area contributed by atoms with Gasteiger partial charge in [0.1, 0.15) is 0 Å². The van der Waals surface area contributed by atoms with E-state index in [0.29, 0.717) is 6.42 Å². The topological polar surface area (TPSA) is 52.7 Å². The second-order valence-corrected chi connectivity index (χ2v) is 6.02. The van der Waals surface area contributed by atoms with Gasteiger partial charge in [-0.3, -0.25) is 9.59 Å². The van der Waals surface area contributed by atoms with Crippen LogP contribution in [0.25, 0.3) is 0 Å². The molecular formula is C18H27N3O2. The molecule has 1 aromatic rings. The van der Waals surface area contributed by atoms with E-state index in [-0.39, 0.29) is 11.8 Å². The highest BCUT2D eigenvalue weighted by molar-refractivity contribution is 5.94. The molecule has 0 radical (unpaired) electrons. The van der Waals surface area contributed by atoms with E-state index >= 15 is 0 Å². The van der Waals surface area contributed by atoms with Crippen molar-refractivity contribution in [2.75, 3.05) is 36.4 Å². The number of unbranched alkanes of at least 4 members (excludes halogenated alkanes) is 2. The molecule has 1 aliphatic heterocycles. The van der Waals surface area contributed by atoms with Crippen molar-refractivity contribution in [1.29, 1.82) is 0 Å². The molecule has 2 rings (SSSR count). The van der Waals surface area contributed by atoms with Crippen molar-refractivity contribution in [3.63, 3.8) is 0 Å². The number of hydrogen-bond donors (Lipinski definition) is 1. The van der Waals surface area contributed by atoms with Gasteiger partial charge in [-0.25, -0.2) is 0 Å². The number of anilines is 2. The Morgan fingerprint density at radius 2 is 1.78 bits per heavy atom. The Bertz CT molecular complexity index is 537. The van der Waals surface area contributed by atoms with Crippen molar-refractivity contribution >= 4 is 23.2 Å². The molecule has 2 amide bonds. The Hall–Kier alpha value is -2.04. The Balaban J connectivity index is 1.98. The summed E-state index contributed by atoms with van der Waals surface area (Å²) in [6.07, 6.45) is 3.70. The smallest absolute Gasteiger partial charge is 0.224 e. The average molecular weight is 317 g/mol.